The molecular weight excluding hydrogens is 354 g/mol. The third-order valence-corrected chi connectivity index (χ3v) is 4.49. The van der Waals surface area contributed by atoms with Crippen molar-refractivity contribution in [3.05, 3.63) is 36.7 Å². The molecular formula is C18H21N3O4S. The Bertz CT molecular complexity index is 742. The highest BCUT2D eigenvalue weighted by Crippen LogP contribution is 2.24. The summed E-state index contributed by atoms with van der Waals surface area (Å²) in [5, 5.41) is 0.513. The maximum atomic E-state index is 11.9. The molecule has 0 aromatic carbocycles. The Kier molecular flexibility index (Phi) is 6.18. The van der Waals surface area contributed by atoms with Crippen molar-refractivity contribution in [3.8, 4) is 11.4 Å². The van der Waals surface area contributed by atoms with Crippen LogP contribution in [0.2, 0.25) is 0 Å². The molecule has 0 radical (unpaired) electrons. The normalized spacial score (nSPS) is 18.6. The lowest BCUT2D eigenvalue weighted by Gasteiger charge is -2.16. The summed E-state index contributed by atoms with van der Waals surface area (Å²) in [4.78, 5) is 24.7. The van der Waals surface area contributed by atoms with Crippen LogP contribution in [0.3, 0.4) is 0 Å². The lowest BCUT2D eigenvalue weighted by molar-refractivity contribution is -0.146. The van der Waals surface area contributed by atoms with Crippen LogP contribution in [0.5, 0.6) is 0 Å². The number of aromatic nitrogens is 3. The van der Waals surface area contributed by atoms with Crippen LogP contribution in [0.25, 0.3) is 11.4 Å². The van der Waals surface area contributed by atoms with Gasteiger partial charge in [0.2, 0.25) is 0 Å². The Morgan fingerprint density at radius 2 is 2.15 bits per heavy atom. The number of thioether (sulfide) groups is 1. The molecule has 1 fully saturated rings. The minimum Gasteiger partial charge on any atom is -0.465 e. The average Bonchev–Trinajstić information content (AvgIpc) is 3.00. The van der Waals surface area contributed by atoms with Gasteiger partial charge >= 0.3 is 5.97 Å². The molecule has 3 heterocycles. The van der Waals surface area contributed by atoms with Crippen molar-refractivity contribution in [1.29, 1.82) is 0 Å². The van der Waals surface area contributed by atoms with Gasteiger partial charge in [-0.25, -0.2) is 9.97 Å². The Labute approximate surface area is 156 Å². The van der Waals surface area contributed by atoms with Gasteiger partial charge in [-0.05, 0) is 32.0 Å². The second-order valence-corrected chi connectivity index (χ2v) is 7.13. The zero-order valence-electron chi connectivity index (χ0n) is 14.8. The monoisotopic (exact) mass is 375 g/mol. The van der Waals surface area contributed by atoms with Crippen LogP contribution in [0.15, 0.2) is 41.8 Å². The van der Waals surface area contributed by atoms with Gasteiger partial charge < -0.3 is 14.2 Å². The number of rotatable bonds is 7. The third-order valence-electron chi connectivity index (χ3n) is 3.65. The van der Waals surface area contributed by atoms with E-state index in [1.54, 1.807) is 18.5 Å². The van der Waals surface area contributed by atoms with Gasteiger partial charge in [0.25, 0.3) is 0 Å². The number of hydrogen-bond donors (Lipinski definition) is 0. The maximum Gasteiger partial charge on any atom is 0.316 e. The van der Waals surface area contributed by atoms with Gasteiger partial charge in [0.05, 0.1) is 36.5 Å². The molecule has 2 aromatic rings. The van der Waals surface area contributed by atoms with Crippen molar-refractivity contribution in [2.75, 3.05) is 19.0 Å². The van der Waals surface area contributed by atoms with Gasteiger partial charge in [-0.2, -0.15) is 0 Å². The van der Waals surface area contributed by atoms with Gasteiger partial charge in [-0.15, -0.1) is 0 Å². The standard InChI is InChI=1S/C18H21N3O4S/c1-18(2)24-11-13(25-18)7-10-23-16(22)12-26-17-20-9-6-15(21-17)14-5-3-4-8-19-14/h3-6,8-9,13H,7,10-12H2,1-2H3. The van der Waals surface area contributed by atoms with Gasteiger partial charge in [0.15, 0.2) is 10.9 Å². The van der Waals surface area contributed by atoms with E-state index in [-0.39, 0.29) is 17.8 Å². The van der Waals surface area contributed by atoms with Gasteiger partial charge in [0.1, 0.15) is 0 Å². The van der Waals surface area contributed by atoms with E-state index in [1.807, 2.05) is 32.0 Å². The molecule has 1 atom stereocenters. The molecule has 2 aromatic heterocycles. The van der Waals surface area contributed by atoms with Crippen LogP contribution in [-0.2, 0) is 19.0 Å². The van der Waals surface area contributed by atoms with Gasteiger partial charge in [-0.1, -0.05) is 17.8 Å². The van der Waals surface area contributed by atoms with Crippen LogP contribution in [0.4, 0.5) is 0 Å². The number of nitrogens with zero attached hydrogens (tertiary/aromatic N) is 3. The summed E-state index contributed by atoms with van der Waals surface area (Å²) < 4.78 is 16.4. The summed E-state index contributed by atoms with van der Waals surface area (Å²) in [5.41, 5.74) is 1.48. The first-order valence-electron chi connectivity index (χ1n) is 8.36. The molecule has 0 amide bonds. The predicted molar refractivity (Wildman–Crippen MR) is 96.5 cm³/mol. The first-order chi connectivity index (χ1) is 12.5. The number of esters is 1. The molecule has 1 aliphatic rings. The highest BCUT2D eigenvalue weighted by molar-refractivity contribution is 7.99. The molecule has 1 aliphatic heterocycles. The third kappa shape index (κ3) is 5.48. The average molecular weight is 375 g/mol. The summed E-state index contributed by atoms with van der Waals surface area (Å²) in [5.74, 6) is -0.709. The zero-order chi connectivity index (χ0) is 18.4. The van der Waals surface area contributed by atoms with E-state index in [9.17, 15) is 4.79 Å². The van der Waals surface area contributed by atoms with Crippen molar-refractivity contribution in [2.24, 2.45) is 0 Å². The molecule has 3 rings (SSSR count). The Morgan fingerprint density at radius 3 is 2.88 bits per heavy atom. The Morgan fingerprint density at radius 1 is 1.27 bits per heavy atom. The minimum absolute atomic E-state index is 0.0381. The largest absolute Gasteiger partial charge is 0.465 e. The van der Waals surface area contributed by atoms with E-state index in [1.165, 1.54) is 11.8 Å². The highest BCUT2D eigenvalue weighted by atomic mass is 32.2. The fourth-order valence-corrected chi connectivity index (χ4v) is 3.07. The van der Waals surface area contributed by atoms with Crippen LogP contribution in [0.1, 0.15) is 20.3 Å². The summed E-state index contributed by atoms with van der Waals surface area (Å²) in [7, 11) is 0. The quantitative estimate of drug-likeness (QED) is 0.415. The van der Waals surface area contributed by atoms with E-state index in [2.05, 4.69) is 15.0 Å². The Hall–Kier alpha value is -2.03. The molecule has 1 saturated heterocycles. The molecule has 1 unspecified atom stereocenters. The first kappa shape index (κ1) is 18.8. The second-order valence-electron chi connectivity index (χ2n) is 6.19. The number of hydrogen-bond acceptors (Lipinski definition) is 8. The number of ether oxygens (including phenoxy) is 3. The van der Waals surface area contributed by atoms with E-state index in [0.29, 0.717) is 24.8 Å². The Balaban J connectivity index is 1.42. The van der Waals surface area contributed by atoms with E-state index in [0.717, 1.165) is 11.4 Å². The zero-order valence-corrected chi connectivity index (χ0v) is 15.6. The summed E-state index contributed by atoms with van der Waals surface area (Å²) in [6, 6.07) is 7.41. The maximum absolute atomic E-state index is 11.9. The molecule has 7 nitrogen and oxygen atoms in total. The van der Waals surface area contributed by atoms with Crippen molar-refractivity contribution in [2.45, 2.75) is 37.3 Å². The topological polar surface area (TPSA) is 83.4 Å². The van der Waals surface area contributed by atoms with Crippen LogP contribution in [0, 0.1) is 0 Å². The van der Waals surface area contributed by atoms with Crippen molar-refractivity contribution < 1.29 is 19.0 Å². The van der Waals surface area contributed by atoms with Crippen LogP contribution >= 0.6 is 11.8 Å². The molecule has 0 saturated carbocycles. The highest BCUT2D eigenvalue weighted by Gasteiger charge is 2.32. The van der Waals surface area contributed by atoms with Gasteiger partial charge in [0, 0.05) is 18.8 Å². The van der Waals surface area contributed by atoms with Crippen molar-refractivity contribution >= 4 is 17.7 Å². The van der Waals surface area contributed by atoms with E-state index >= 15 is 0 Å². The summed E-state index contributed by atoms with van der Waals surface area (Å²) >= 11 is 1.24. The van der Waals surface area contributed by atoms with Crippen molar-refractivity contribution in [3.63, 3.8) is 0 Å². The molecule has 138 valence electrons. The molecule has 0 aliphatic carbocycles. The molecule has 0 spiro atoms. The fraction of sp³-hybridized carbons (Fsp3) is 0.444. The second kappa shape index (κ2) is 8.57. The lowest BCUT2D eigenvalue weighted by atomic mass is 10.3. The van der Waals surface area contributed by atoms with E-state index in [4.69, 9.17) is 14.2 Å². The van der Waals surface area contributed by atoms with Crippen LogP contribution in [-0.4, -0.2) is 51.8 Å². The molecule has 26 heavy (non-hydrogen) atoms. The smallest absolute Gasteiger partial charge is 0.316 e. The summed E-state index contributed by atoms with van der Waals surface area (Å²) in [6.07, 6.45) is 3.95. The molecule has 0 N–H and O–H groups in total. The predicted octanol–water partition coefficient (Wildman–Crippen LogP) is 2.72. The number of carbonyl (C=O) groups is 1. The minimum atomic E-state index is -0.555. The lowest BCUT2D eigenvalue weighted by Crippen LogP contribution is -2.22. The molecule has 0 bridgehead atoms. The first-order valence-corrected chi connectivity index (χ1v) is 9.35. The van der Waals surface area contributed by atoms with Crippen LogP contribution < -0.4 is 0 Å². The SMILES string of the molecule is CC1(C)OCC(CCOC(=O)CSc2nccc(-c3ccccn3)n2)O1. The fourth-order valence-electron chi connectivity index (χ4n) is 2.44. The van der Waals surface area contributed by atoms with Gasteiger partial charge in [-0.3, -0.25) is 9.78 Å². The number of pyridine rings is 1. The van der Waals surface area contributed by atoms with Crippen molar-refractivity contribution in [1.82, 2.24) is 15.0 Å². The van der Waals surface area contributed by atoms with E-state index < -0.39 is 5.79 Å². The molecule has 8 heteroatoms. The number of carbonyl (C=O) groups excluding carboxylic acids is 1. The summed E-state index contributed by atoms with van der Waals surface area (Å²) in [6.45, 7) is 4.56.